The van der Waals surface area contributed by atoms with E-state index in [4.69, 9.17) is 23.2 Å². The maximum Gasteiger partial charge on any atom is 0.224 e. The minimum Gasteiger partial charge on any atom is -0.351 e. The Hall–Kier alpha value is -1.60. The van der Waals surface area contributed by atoms with Crippen molar-refractivity contribution < 1.29 is 9.59 Å². The summed E-state index contributed by atoms with van der Waals surface area (Å²) in [4.78, 5) is 25.6. The zero-order chi connectivity index (χ0) is 20.6. The normalized spacial score (nSPS) is 14.6. The molecule has 0 amide bonds. The predicted octanol–water partition coefficient (Wildman–Crippen LogP) is 6.41. The molecule has 0 atom stereocenters. The van der Waals surface area contributed by atoms with Crippen LogP contribution in [0.25, 0.3) is 0 Å². The number of anilines is 2. The number of aryl methyl sites for hydroxylation is 2. The van der Waals surface area contributed by atoms with Crippen molar-refractivity contribution in [2.45, 2.75) is 13.8 Å². The SMILES string of the molecule is Cc1cc(Br)ccc1NC1=C(Cl)C(=O)C(Nc2ccc(Br)cc2C)=C(Cl)C1=O. The van der Waals surface area contributed by atoms with Crippen molar-refractivity contribution in [3.05, 3.63) is 77.9 Å². The van der Waals surface area contributed by atoms with Gasteiger partial charge in [0.1, 0.15) is 21.5 Å². The Labute approximate surface area is 189 Å². The summed E-state index contributed by atoms with van der Waals surface area (Å²) in [6.07, 6.45) is 0. The van der Waals surface area contributed by atoms with Crippen LogP contribution in [0.3, 0.4) is 0 Å². The number of carbonyl (C=O) groups excluding carboxylic acids is 2. The number of halogens is 4. The van der Waals surface area contributed by atoms with Gasteiger partial charge < -0.3 is 10.6 Å². The van der Waals surface area contributed by atoms with Gasteiger partial charge in [0.15, 0.2) is 0 Å². The van der Waals surface area contributed by atoms with E-state index >= 15 is 0 Å². The molecule has 1 aliphatic rings. The Morgan fingerprint density at radius 1 is 0.714 bits per heavy atom. The summed E-state index contributed by atoms with van der Waals surface area (Å²) in [6.45, 7) is 3.74. The molecule has 4 nitrogen and oxygen atoms in total. The minimum atomic E-state index is -0.550. The number of rotatable bonds is 4. The first-order chi connectivity index (χ1) is 13.2. The van der Waals surface area contributed by atoms with Crippen molar-refractivity contribution in [1.29, 1.82) is 0 Å². The van der Waals surface area contributed by atoms with Gasteiger partial charge >= 0.3 is 0 Å². The number of allylic oxidation sites excluding steroid dienone is 2. The molecule has 2 aromatic rings. The van der Waals surface area contributed by atoms with Crippen molar-refractivity contribution in [3.63, 3.8) is 0 Å². The van der Waals surface area contributed by atoms with Crippen LogP contribution < -0.4 is 10.6 Å². The lowest BCUT2D eigenvalue weighted by atomic mass is 10.0. The lowest BCUT2D eigenvalue weighted by Crippen LogP contribution is -2.27. The lowest BCUT2D eigenvalue weighted by molar-refractivity contribution is -0.115. The molecule has 0 spiro atoms. The summed E-state index contributed by atoms with van der Waals surface area (Å²) < 4.78 is 1.80. The maximum absolute atomic E-state index is 12.8. The number of nitrogens with one attached hydrogen (secondary N) is 2. The van der Waals surface area contributed by atoms with Crippen LogP contribution in [0.15, 0.2) is 66.8 Å². The first-order valence-electron chi connectivity index (χ1n) is 8.14. The molecular weight excluding hydrogens is 531 g/mol. The third-order valence-corrected chi connectivity index (χ3v) is 5.90. The molecule has 1 aliphatic carbocycles. The van der Waals surface area contributed by atoms with Crippen LogP contribution >= 0.6 is 55.1 Å². The third kappa shape index (κ3) is 4.20. The molecule has 144 valence electrons. The van der Waals surface area contributed by atoms with Gasteiger partial charge in [0, 0.05) is 20.3 Å². The monoisotopic (exact) mass is 542 g/mol. The molecule has 0 fully saturated rings. The molecule has 0 saturated heterocycles. The van der Waals surface area contributed by atoms with Crippen LogP contribution in [0.2, 0.25) is 0 Å². The van der Waals surface area contributed by atoms with Gasteiger partial charge in [-0.15, -0.1) is 0 Å². The van der Waals surface area contributed by atoms with E-state index in [0.717, 1.165) is 20.1 Å². The fourth-order valence-corrected chi connectivity index (χ4v) is 4.08. The van der Waals surface area contributed by atoms with Crippen LogP contribution in [0.5, 0.6) is 0 Å². The minimum absolute atomic E-state index is 0.0415. The Balaban J connectivity index is 1.94. The van der Waals surface area contributed by atoms with E-state index in [1.807, 2.05) is 38.1 Å². The van der Waals surface area contributed by atoms with Crippen molar-refractivity contribution in [2.75, 3.05) is 10.6 Å². The number of carbonyl (C=O) groups is 2. The Bertz CT molecular complexity index is 992. The van der Waals surface area contributed by atoms with E-state index in [0.29, 0.717) is 11.4 Å². The molecule has 8 heteroatoms. The van der Waals surface area contributed by atoms with Crippen LogP contribution in [-0.2, 0) is 9.59 Å². The van der Waals surface area contributed by atoms with Gasteiger partial charge in [-0.25, -0.2) is 0 Å². The van der Waals surface area contributed by atoms with Crippen LogP contribution in [-0.4, -0.2) is 11.6 Å². The fourth-order valence-electron chi connectivity index (χ4n) is 2.67. The summed E-state index contributed by atoms with van der Waals surface area (Å²) in [5, 5.41) is 5.46. The van der Waals surface area contributed by atoms with Crippen molar-refractivity contribution >= 4 is 78.0 Å². The first kappa shape index (κ1) is 21.1. The molecule has 0 unspecified atom stereocenters. The molecule has 0 heterocycles. The molecule has 0 radical (unpaired) electrons. The molecular formula is C20H14Br2Cl2N2O2. The summed E-state index contributed by atoms with van der Waals surface area (Å²) in [5.41, 5.74) is 2.98. The highest BCUT2D eigenvalue weighted by Gasteiger charge is 2.34. The second-order valence-corrected chi connectivity index (χ2v) is 8.79. The van der Waals surface area contributed by atoms with Crippen LogP contribution in [0, 0.1) is 13.8 Å². The molecule has 0 aliphatic heterocycles. The number of Topliss-reactive ketones (excluding diaryl/α,β-unsaturated/α-hetero) is 2. The lowest BCUT2D eigenvalue weighted by Gasteiger charge is -2.21. The Morgan fingerprint density at radius 2 is 1.07 bits per heavy atom. The predicted molar refractivity (Wildman–Crippen MR) is 121 cm³/mol. The molecule has 2 aromatic carbocycles. The van der Waals surface area contributed by atoms with Gasteiger partial charge in [-0.05, 0) is 61.4 Å². The van der Waals surface area contributed by atoms with Gasteiger partial charge in [-0.2, -0.15) is 0 Å². The Kier molecular flexibility index (Phi) is 6.34. The second kappa shape index (κ2) is 8.41. The van der Waals surface area contributed by atoms with Gasteiger partial charge in [0.2, 0.25) is 11.6 Å². The van der Waals surface area contributed by atoms with E-state index in [1.54, 1.807) is 12.1 Å². The molecule has 3 rings (SSSR count). The highest BCUT2D eigenvalue weighted by molar-refractivity contribution is 9.10. The Morgan fingerprint density at radius 3 is 1.39 bits per heavy atom. The highest BCUT2D eigenvalue weighted by atomic mass is 79.9. The standard InChI is InChI=1S/C20H14Br2Cl2N2O2/c1-9-7-11(21)3-5-13(9)25-17-15(23)20(28)18(16(24)19(17)27)26-14-6-4-12(22)8-10(14)2/h3-8,25-26H,1-2H3. The van der Waals surface area contributed by atoms with Crippen LogP contribution in [0.1, 0.15) is 11.1 Å². The molecule has 2 N–H and O–H groups in total. The topological polar surface area (TPSA) is 58.2 Å². The number of hydrogen-bond donors (Lipinski definition) is 2. The summed E-state index contributed by atoms with van der Waals surface area (Å²) in [6, 6.07) is 11.0. The van der Waals surface area contributed by atoms with Gasteiger partial charge in [0.05, 0.1) is 0 Å². The average molecular weight is 545 g/mol. The molecule has 28 heavy (non-hydrogen) atoms. The van der Waals surface area contributed by atoms with Gasteiger partial charge in [-0.3, -0.25) is 9.59 Å². The van der Waals surface area contributed by atoms with E-state index in [1.165, 1.54) is 0 Å². The van der Waals surface area contributed by atoms with Crippen molar-refractivity contribution in [3.8, 4) is 0 Å². The van der Waals surface area contributed by atoms with Crippen LogP contribution in [0.4, 0.5) is 11.4 Å². The molecule has 0 bridgehead atoms. The van der Waals surface area contributed by atoms with Crippen molar-refractivity contribution in [1.82, 2.24) is 0 Å². The van der Waals surface area contributed by atoms with E-state index in [-0.39, 0.29) is 21.5 Å². The average Bonchev–Trinajstić information content (AvgIpc) is 2.64. The zero-order valence-electron chi connectivity index (χ0n) is 14.8. The highest BCUT2D eigenvalue weighted by Crippen LogP contribution is 2.33. The summed E-state index contributed by atoms with van der Waals surface area (Å²) in [5.74, 6) is -1.10. The van der Waals surface area contributed by atoms with E-state index in [2.05, 4.69) is 42.5 Å². The van der Waals surface area contributed by atoms with E-state index < -0.39 is 11.6 Å². The molecule has 0 saturated carbocycles. The largest absolute Gasteiger partial charge is 0.351 e. The van der Waals surface area contributed by atoms with Gasteiger partial charge in [0.25, 0.3) is 0 Å². The smallest absolute Gasteiger partial charge is 0.224 e. The summed E-state index contributed by atoms with van der Waals surface area (Å²) in [7, 11) is 0. The number of hydrogen-bond acceptors (Lipinski definition) is 4. The maximum atomic E-state index is 12.8. The third-order valence-electron chi connectivity index (χ3n) is 4.19. The van der Waals surface area contributed by atoms with Crippen molar-refractivity contribution in [2.24, 2.45) is 0 Å². The quantitative estimate of drug-likeness (QED) is 0.437. The number of benzene rings is 2. The summed E-state index contributed by atoms with van der Waals surface area (Å²) >= 11 is 19.3. The van der Waals surface area contributed by atoms with E-state index in [9.17, 15) is 9.59 Å². The molecule has 0 aromatic heterocycles. The van der Waals surface area contributed by atoms with Gasteiger partial charge in [-0.1, -0.05) is 55.1 Å². The zero-order valence-corrected chi connectivity index (χ0v) is 19.5. The second-order valence-electron chi connectivity index (χ2n) is 6.20. The fraction of sp³-hybridized carbons (Fsp3) is 0.100. The first-order valence-corrected chi connectivity index (χ1v) is 10.5. The number of ketones is 2.